The molecule has 22 heavy (non-hydrogen) atoms. The van der Waals surface area contributed by atoms with Crippen molar-refractivity contribution in [2.45, 2.75) is 18.0 Å². The Labute approximate surface area is 130 Å². The van der Waals surface area contributed by atoms with Crippen LogP contribution in [-0.2, 0) is 10.1 Å². The molecule has 1 atom stereocenters. The third-order valence-corrected chi connectivity index (χ3v) is 4.18. The molecule has 0 spiro atoms. The van der Waals surface area contributed by atoms with Crippen molar-refractivity contribution in [1.29, 1.82) is 0 Å². The van der Waals surface area contributed by atoms with Crippen molar-refractivity contribution in [1.82, 2.24) is 0 Å². The van der Waals surface area contributed by atoms with E-state index in [1.807, 2.05) is 12.1 Å². The van der Waals surface area contributed by atoms with Crippen molar-refractivity contribution in [2.24, 2.45) is 0 Å². The van der Waals surface area contributed by atoms with Gasteiger partial charge < -0.3 is 9.47 Å². The van der Waals surface area contributed by atoms with Crippen LogP contribution in [0.25, 0.3) is 0 Å². The summed E-state index contributed by atoms with van der Waals surface area (Å²) in [4.78, 5) is 0. The molecular weight excluding hydrogens is 304 g/mol. The maximum atomic E-state index is 11.5. The first-order valence-electron chi connectivity index (χ1n) is 6.69. The highest BCUT2D eigenvalue weighted by Gasteiger charge is 2.34. The lowest BCUT2D eigenvalue weighted by Gasteiger charge is -2.25. The van der Waals surface area contributed by atoms with E-state index in [4.69, 9.17) is 9.47 Å². The van der Waals surface area contributed by atoms with Crippen LogP contribution in [0.15, 0.2) is 60.7 Å². The van der Waals surface area contributed by atoms with Crippen molar-refractivity contribution in [2.75, 3.05) is 0 Å². The molecule has 0 fully saturated rings. The third-order valence-electron chi connectivity index (χ3n) is 2.96. The Kier molecular flexibility index (Phi) is 5.41. The molecule has 0 aliphatic carbocycles. The van der Waals surface area contributed by atoms with Crippen molar-refractivity contribution < 1.29 is 22.4 Å². The number of benzene rings is 2. The lowest BCUT2D eigenvalue weighted by atomic mass is 10.3. The Hall–Kier alpha value is -2.05. The Balaban J connectivity index is 2.27. The van der Waals surface area contributed by atoms with Crippen molar-refractivity contribution in [3.05, 3.63) is 67.6 Å². The topological polar surface area (TPSA) is 72.8 Å². The van der Waals surface area contributed by atoms with E-state index in [-0.39, 0.29) is 6.42 Å². The van der Waals surface area contributed by atoms with Gasteiger partial charge in [-0.05, 0) is 30.7 Å². The van der Waals surface area contributed by atoms with E-state index in [0.29, 0.717) is 11.5 Å². The highest BCUT2D eigenvalue weighted by atomic mass is 32.2. The lowest BCUT2D eigenvalue weighted by Crippen LogP contribution is -2.41. The molecule has 117 valence electrons. The molecule has 6 heteroatoms. The van der Waals surface area contributed by atoms with Gasteiger partial charge in [-0.25, -0.2) is 0 Å². The summed E-state index contributed by atoms with van der Waals surface area (Å²) in [7, 11) is -4.37. The number of hydrogen-bond donors (Lipinski definition) is 1. The van der Waals surface area contributed by atoms with Crippen LogP contribution in [-0.4, -0.2) is 24.5 Å². The fraction of sp³-hybridized carbons (Fsp3) is 0.188. The summed E-state index contributed by atoms with van der Waals surface area (Å²) < 4.78 is 43.6. The molecule has 1 unspecified atom stereocenters. The lowest BCUT2D eigenvalue weighted by molar-refractivity contribution is 0.00156. The molecule has 0 aromatic heterocycles. The molecule has 0 aliphatic heterocycles. The fourth-order valence-electron chi connectivity index (χ4n) is 1.87. The highest BCUT2D eigenvalue weighted by Crippen LogP contribution is 2.21. The molecule has 0 bridgehead atoms. The summed E-state index contributed by atoms with van der Waals surface area (Å²) in [6, 6.07) is 17.3. The number of ether oxygens (including phenoxy) is 2. The van der Waals surface area contributed by atoms with Gasteiger partial charge in [-0.1, -0.05) is 43.3 Å². The second-order valence-electron chi connectivity index (χ2n) is 4.57. The van der Waals surface area contributed by atoms with E-state index in [0.717, 1.165) is 0 Å². The van der Waals surface area contributed by atoms with Crippen LogP contribution in [0.2, 0.25) is 0 Å². The van der Waals surface area contributed by atoms with Crippen molar-refractivity contribution >= 4 is 10.1 Å². The predicted octanol–water partition coefficient (Wildman–Crippen LogP) is 2.95. The Morgan fingerprint density at radius 3 is 1.64 bits per heavy atom. The van der Waals surface area contributed by atoms with Crippen LogP contribution in [0.1, 0.15) is 6.42 Å². The zero-order valence-electron chi connectivity index (χ0n) is 11.8. The number of para-hydroxylation sites is 2. The molecule has 1 radical (unpaired) electrons. The molecule has 0 aliphatic rings. The van der Waals surface area contributed by atoms with E-state index >= 15 is 0 Å². The van der Waals surface area contributed by atoms with Crippen LogP contribution < -0.4 is 9.47 Å². The summed E-state index contributed by atoms with van der Waals surface area (Å²) in [6.07, 6.45) is -1.30. The van der Waals surface area contributed by atoms with Crippen LogP contribution in [0, 0.1) is 6.92 Å². The minimum absolute atomic E-state index is 0.0941. The second kappa shape index (κ2) is 7.29. The highest BCUT2D eigenvalue weighted by molar-refractivity contribution is 7.86. The van der Waals surface area contributed by atoms with E-state index in [2.05, 4.69) is 6.92 Å². The summed E-state index contributed by atoms with van der Waals surface area (Å²) in [5.74, 6) is 0.871. The van der Waals surface area contributed by atoms with E-state index in [1.54, 1.807) is 48.5 Å². The molecule has 1 N–H and O–H groups in total. The zero-order chi connectivity index (χ0) is 16.0. The van der Waals surface area contributed by atoms with Gasteiger partial charge in [0.05, 0.1) is 0 Å². The zero-order valence-corrected chi connectivity index (χ0v) is 12.6. The van der Waals surface area contributed by atoms with Gasteiger partial charge in [0.1, 0.15) is 11.5 Å². The first-order chi connectivity index (χ1) is 10.5. The largest absolute Gasteiger partial charge is 0.453 e. The smallest absolute Gasteiger partial charge is 0.275 e. The monoisotopic (exact) mass is 321 g/mol. The van der Waals surface area contributed by atoms with Crippen molar-refractivity contribution in [3.8, 4) is 11.5 Å². The average Bonchev–Trinajstić information content (AvgIpc) is 2.48. The van der Waals surface area contributed by atoms with Gasteiger partial charge in [0.25, 0.3) is 16.4 Å². The van der Waals surface area contributed by atoms with Crippen LogP contribution in [0.4, 0.5) is 0 Å². The third kappa shape index (κ3) is 4.47. The molecule has 0 heterocycles. The summed E-state index contributed by atoms with van der Waals surface area (Å²) >= 11 is 0. The maximum Gasteiger partial charge on any atom is 0.275 e. The molecule has 0 amide bonds. The van der Waals surface area contributed by atoms with Crippen LogP contribution in [0.3, 0.4) is 0 Å². The molecule has 2 aromatic carbocycles. The molecular formula is C16H17O5S. The predicted molar refractivity (Wildman–Crippen MR) is 83.2 cm³/mol. The second-order valence-corrected chi connectivity index (χ2v) is 6.21. The van der Waals surface area contributed by atoms with E-state index < -0.39 is 21.7 Å². The van der Waals surface area contributed by atoms with Gasteiger partial charge in [0.2, 0.25) is 0 Å². The first-order valence-corrected chi connectivity index (χ1v) is 8.20. The molecule has 0 saturated heterocycles. The molecule has 2 rings (SSSR count). The first kappa shape index (κ1) is 16.3. The minimum Gasteiger partial charge on any atom is -0.453 e. The molecule has 2 aromatic rings. The van der Waals surface area contributed by atoms with Gasteiger partial charge in [0, 0.05) is 0 Å². The van der Waals surface area contributed by atoms with E-state index in [1.165, 1.54) is 0 Å². The number of hydrogen-bond acceptors (Lipinski definition) is 4. The average molecular weight is 321 g/mol. The van der Waals surface area contributed by atoms with Gasteiger partial charge >= 0.3 is 0 Å². The summed E-state index contributed by atoms with van der Waals surface area (Å²) in [5, 5.41) is -1.30. The summed E-state index contributed by atoms with van der Waals surface area (Å²) in [5.41, 5.74) is 0. The number of rotatable bonds is 7. The van der Waals surface area contributed by atoms with E-state index in [9.17, 15) is 13.0 Å². The van der Waals surface area contributed by atoms with Gasteiger partial charge in [-0.15, -0.1) is 0 Å². The Morgan fingerprint density at radius 2 is 1.32 bits per heavy atom. The van der Waals surface area contributed by atoms with Crippen LogP contribution in [0.5, 0.6) is 11.5 Å². The Bertz CT molecular complexity index is 629. The van der Waals surface area contributed by atoms with Gasteiger partial charge in [0.15, 0.2) is 5.25 Å². The standard InChI is InChI=1S/C16H17O5S/c1-2-15(22(17,18)19)16(20-13-9-5-3-6-10-13)21-14-11-7-4-8-12-14/h3-12,15-16H,1-2H2,(H,17,18,19). The van der Waals surface area contributed by atoms with Gasteiger partial charge in [-0.2, -0.15) is 8.42 Å². The summed E-state index contributed by atoms with van der Waals surface area (Å²) in [6.45, 7) is 3.56. The quantitative estimate of drug-likeness (QED) is 0.627. The van der Waals surface area contributed by atoms with Gasteiger partial charge in [-0.3, -0.25) is 4.55 Å². The maximum absolute atomic E-state index is 11.5. The normalized spacial score (nSPS) is 12.9. The SMILES string of the molecule is [CH2]CC(C(Oc1ccccc1)Oc1ccccc1)S(=O)(=O)O. The van der Waals surface area contributed by atoms with Crippen molar-refractivity contribution in [3.63, 3.8) is 0 Å². The molecule has 5 nitrogen and oxygen atoms in total. The fourth-order valence-corrected chi connectivity index (χ4v) is 2.56. The minimum atomic E-state index is -4.37. The van der Waals surface area contributed by atoms with Crippen LogP contribution >= 0.6 is 0 Å². The Morgan fingerprint density at radius 1 is 0.909 bits per heavy atom. The molecule has 0 saturated carbocycles.